The average Bonchev–Trinajstić information content (AvgIpc) is 2.21. The predicted octanol–water partition coefficient (Wildman–Crippen LogP) is 0.944. The van der Waals surface area contributed by atoms with Crippen molar-refractivity contribution in [3.05, 3.63) is 17.7 Å². The van der Waals surface area contributed by atoms with Crippen molar-refractivity contribution in [2.24, 2.45) is 0 Å². The minimum absolute atomic E-state index is 0.0239. The van der Waals surface area contributed by atoms with Crippen molar-refractivity contribution in [1.82, 2.24) is 0 Å². The van der Waals surface area contributed by atoms with Gasteiger partial charge < -0.3 is 19.7 Å². The van der Waals surface area contributed by atoms with Crippen LogP contribution in [-0.2, 0) is 6.42 Å². The van der Waals surface area contributed by atoms with Gasteiger partial charge in [0, 0.05) is 18.2 Å². The third-order valence-electron chi connectivity index (χ3n) is 1.96. The number of methoxy groups -OCH3 is 2. The molecule has 0 fully saturated rings. The van der Waals surface area contributed by atoms with Crippen LogP contribution in [0.3, 0.4) is 0 Å². The third-order valence-corrected chi connectivity index (χ3v) is 1.96. The summed E-state index contributed by atoms with van der Waals surface area (Å²) in [7, 11) is 3.01. The zero-order valence-corrected chi connectivity index (χ0v) is 8.28. The smallest absolute Gasteiger partial charge is 0.164 e. The Labute approximate surface area is 82.7 Å². The van der Waals surface area contributed by atoms with Crippen LogP contribution in [-0.4, -0.2) is 31.0 Å². The highest BCUT2D eigenvalue weighted by molar-refractivity contribution is 5.50. The molecule has 0 bridgehead atoms. The number of hydrogen-bond donors (Lipinski definition) is 2. The molecule has 78 valence electrons. The van der Waals surface area contributed by atoms with E-state index in [0.29, 0.717) is 23.5 Å². The van der Waals surface area contributed by atoms with Crippen LogP contribution < -0.4 is 9.47 Å². The topological polar surface area (TPSA) is 58.9 Å². The molecule has 0 aliphatic heterocycles. The lowest BCUT2D eigenvalue weighted by molar-refractivity contribution is 0.295. The van der Waals surface area contributed by atoms with Gasteiger partial charge in [-0.2, -0.15) is 0 Å². The standard InChI is InChI=1S/C10H14O4/c1-13-8-5-7(3-4-11)10(12)9(6-8)14-2/h5-6,11-12H,3-4H2,1-2H3. The van der Waals surface area contributed by atoms with Crippen LogP contribution >= 0.6 is 0 Å². The fraction of sp³-hybridized carbons (Fsp3) is 0.400. The Kier molecular flexibility index (Phi) is 3.59. The largest absolute Gasteiger partial charge is 0.504 e. The lowest BCUT2D eigenvalue weighted by atomic mass is 10.1. The Balaban J connectivity index is 3.12. The third kappa shape index (κ3) is 2.09. The number of phenolic OH excluding ortho intramolecular Hbond substituents is 1. The summed E-state index contributed by atoms with van der Waals surface area (Å²) in [6, 6.07) is 3.27. The van der Waals surface area contributed by atoms with E-state index in [1.54, 1.807) is 12.1 Å². The molecule has 0 heterocycles. The molecule has 0 radical (unpaired) electrons. The molecule has 0 spiro atoms. The van der Waals surface area contributed by atoms with Gasteiger partial charge in [0.25, 0.3) is 0 Å². The highest BCUT2D eigenvalue weighted by Gasteiger charge is 2.10. The molecule has 14 heavy (non-hydrogen) atoms. The first kappa shape index (κ1) is 10.7. The van der Waals surface area contributed by atoms with Gasteiger partial charge in [0.15, 0.2) is 11.5 Å². The molecule has 0 saturated heterocycles. The SMILES string of the molecule is COc1cc(CCO)c(O)c(OC)c1. The highest BCUT2D eigenvalue weighted by Crippen LogP contribution is 2.34. The number of phenols is 1. The number of benzene rings is 1. The van der Waals surface area contributed by atoms with Crippen LogP contribution in [0.1, 0.15) is 5.56 Å². The predicted molar refractivity (Wildman–Crippen MR) is 52.0 cm³/mol. The van der Waals surface area contributed by atoms with Crippen LogP contribution in [0.25, 0.3) is 0 Å². The van der Waals surface area contributed by atoms with Crippen LogP contribution in [0.5, 0.6) is 17.2 Å². The second-order valence-electron chi connectivity index (χ2n) is 2.81. The molecule has 0 amide bonds. The molecule has 2 N–H and O–H groups in total. The van der Waals surface area contributed by atoms with E-state index in [4.69, 9.17) is 14.6 Å². The lowest BCUT2D eigenvalue weighted by Gasteiger charge is -2.10. The minimum atomic E-state index is -0.0239. The molecular formula is C10H14O4. The molecule has 0 atom stereocenters. The maximum Gasteiger partial charge on any atom is 0.164 e. The molecule has 0 aromatic heterocycles. The van der Waals surface area contributed by atoms with Crippen molar-refractivity contribution < 1.29 is 19.7 Å². The van der Waals surface area contributed by atoms with Crippen LogP contribution in [0.4, 0.5) is 0 Å². The van der Waals surface area contributed by atoms with Crippen molar-refractivity contribution in [2.45, 2.75) is 6.42 Å². The van der Waals surface area contributed by atoms with Gasteiger partial charge >= 0.3 is 0 Å². The Morgan fingerprint density at radius 2 is 1.93 bits per heavy atom. The van der Waals surface area contributed by atoms with Gasteiger partial charge in [0.05, 0.1) is 14.2 Å². The summed E-state index contributed by atoms with van der Waals surface area (Å²) in [5.74, 6) is 1.01. The average molecular weight is 198 g/mol. The summed E-state index contributed by atoms with van der Waals surface area (Å²) in [6.07, 6.45) is 0.374. The monoisotopic (exact) mass is 198 g/mol. The highest BCUT2D eigenvalue weighted by atomic mass is 16.5. The van der Waals surface area contributed by atoms with Crippen molar-refractivity contribution in [3.63, 3.8) is 0 Å². The first-order valence-corrected chi connectivity index (χ1v) is 4.27. The van der Waals surface area contributed by atoms with Crippen molar-refractivity contribution >= 4 is 0 Å². The summed E-state index contributed by atoms with van der Waals surface area (Å²) in [6.45, 7) is -0.0239. The zero-order valence-electron chi connectivity index (χ0n) is 8.28. The van der Waals surface area contributed by atoms with Gasteiger partial charge in [-0.3, -0.25) is 0 Å². The minimum Gasteiger partial charge on any atom is -0.504 e. The molecule has 1 aromatic carbocycles. The second-order valence-corrected chi connectivity index (χ2v) is 2.81. The van der Waals surface area contributed by atoms with Crippen LogP contribution in [0, 0.1) is 0 Å². The molecule has 0 saturated carbocycles. The summed E-state index contributed by atoms with van der Waals surface area (Å²) in [4.78, 5) is 0. The first-order valence-electron chi connectivity index (χ1n) is 4.27. The number of aliphatic hydroxyl groups is 1. The van der Waals surface area contributed by atoms with Gasteiger partial charge in [0.2, 0.25) is 0 Å². The molecule has 0 aliphatic rings. The van der Waals surface area contributed by atoms with Gasteiger partial charge in [-0.1, -0.05) is 0 Å². The van der Waals surface area contributed by atoms with E-state index in [2.05, 4.69) is 0 Å². The van der Waals surface area contributed by atoms with Gasteiger partial charge in [-0.05, 0) is 12.5 Å². The van der Waals surface area contributed by atoms with Crippen molar-refractivity contribution in [3.8, 4) is 17.2 Å². The molecular weight excluding hydrogens is 184 g/mol. The Bertz CT molecular complexity index is 309. The van der Waals surface area contributed by atoms with E-state index < -0.39 is 0 Å². The number of hydrogen-bond acceptors (Lipinski definition) is 4. The van der Waals surface area contributed by atoms with E-state index in [1.807, 2.05) is 0 Å². The summed E-state index contributed by atoms with van der Waals surface area (Å²) >= 11 is 0. The normalized spacial score (nSPS) is 9.93. The summed E-state index contributed by atoms with van der Waals surface area (Å²) in [5.41, 5.74) is 0.615. The molecule has 0 aliphatic carbocycles. The Hall–Kier alpha value is -1.42. The van der Waals surface area contributed by atoms with E-state index in [-0.39, 0.29) is 12.4 Å². The molecule has 4 nitrogen and oxygen atoms in total. The zero-order chi connectivity index (χ0) is 10.6. The van der Waals surface area contributed by atoms with E-state index in [1.165, 1.54) is 14.2 Å². The molecule has 1 aromatic rings. The van der Waals surface area contributed by atoms with E-state index >= 15 is 0 Å². The maximum atomic E-state index is 9.65. The molecule has 4 heteroatoms. The summed E-state index contributed by atoms with van der Waals surface area (Å²) in [5, 5.41) is 18.4. The number of aliphatic hydroxyl groups excluding tert-OH is 1. The van der Waals surface area contributed by atoms with Crippen molar-refractivity contribution in [1.29, 1.82) is 0 Å². The van der Waals surface area contributed by atoms with E-state index in [9.17, 15) is 5.11 Å². The fourth-order valence-electron chi connectivity index (χ4n) is 1.22. The van der Waals surface area contributed by atoms with Gasteiger partial charge in [-0.15, -0.1) is 0 Å². The second kappa shape index (κ2) is 4.72. The van der Waals surface area contributed by atoms with Crippen molar-refractivity contribution in [2.75, 3.05) is 20.8 Å². The van der Waals surface area contributed by atoms with Crippen LogP contribution in [0.15, 0.2) is 12.1 Å². The lowest BCUT2D eigenvalue weighted by Crippen LogP contribution is -1.95. The number of rotatable bonds is 4. The van der Waals surface area contributed by atoms with Gasteiger partial charge in [-0.25, -0.2) is 0 Å². The number of aromatic hydroxyl groups is 1. The maximum absolute atomic E-state index is 9.65. The Morgan fingerprint density at radius 1 is 1.21 bits per heavy atom. The quantitative estimate of drug-likeness (QED) is 0.756. The molecule has 1 rings (SSSR count). The first-order chi connectivity index (χ1) is 6.72. The fourth-order valence-corrected chi connectivity index (χ4v) is 1.22. The molecule has 0 unspecified atom stereocenters. The number of ether oxygens (including phenoxy) is 2. The Morgan fingerprint density at radius 3 is 2.43 bits per heavy atom. The van der Waals surface area contributed by atoms with E-state index in [0.717, 1.165) is 0 Å². The summed E-state index contributed by atoms with van der Waals surface area (Å²) < 4.78 is 9.99. The van der Waals surface area contributed by atoms with Crippen LogP contribution in [0.2, 0.25) is 0 Å². The van der Waals surface area contributed by atoms with Gasteiger partial charge in [0.1, 0.15) is 5.75 Å².